The van der Waals surface area contributed by atoms with Gasteiger partial charge in [0, 0.05) is 5.69 Å². The van der Waals surface area contributed by atoms with Crippen molar-refractivity contribution in [2.75, 3.05) is 33.2 Å². The number of carbonyl (C=O) groups is 3. The lowest BCUT2D eigenvalue weighted by Crippen LogP contribution is -2.36. The minimum absolute atomic E-state index is 0.227. The fraction of sp³-hybridized carbons (Fsp3) is 0.190. The SMILES string of the molecule is COc1ccc(NC(=O)CN2C(=O)S/C(=C/c3cc(I)c(OC)c(OC)c3)C2=O)cc1. The molecule has 1 fully saturated rings. The Balaban J connectivity index is 1.73. The fourth-order valence-corrected chi connectivity index (χ4v) is 4.51. The van der Waals surface area contributed by atoms with Gasteiger partial charge in [-0.2, -0.15) is 0 Å². The Kier molecular flexibility index (Phi) is 7.44. The molecule has 1 saturated heterocycles. The van der Waals surface area contributed by atoms with Gasteiger partial charge >= 0.3 is 0 Å². The number of carbonyl (C=O) groups excluding carboxylic acids is 3. The molecule has 2 aromatic rings. The van der Waals surface area contributed by atoms with E-state index in [1.807, 2.05) is 6.07 Å². The van der Waals surface area contributed by atoms with Gasteiger partial charge in [0.2, 0.25) is 5.91 Å². The number of thioether (sulfide) groups is 1. The molecular weight excluding hydrogens is 535 g/mol. The summed E-state index contributed by atoms with van der Waals surface area (Å²) in [6.45, 7) is -0.377. The molecule has 0 aromatic heterocycles. The molecule has 0 spiro atoms. The Bertz CT molecular complexity index is 1050. The number of nitrogens with one attached hydrogen (secondary N) is 1. The topological polar surface area (TPSA) is 94.2 Å². The lowest BCUT2D eigenvalue weighted by atomic mass is 10.2. The number of amides is 3. The van der Waals surface area contributed by atoms with E-state index in [0.717, 1.165) is 20.2 Å². The smallest absolute Gasteiger partial charge is 0.294 e. The number of halogens is 1. The van der Waals surface area contributed by atoms with E-state index in [9.17, 15) is 14.4 Å². The number of hydrogen-bond donors (Lipinski definition) is 1. The van der Waals surface area contributed by atoms with Crippen LogP contribution in [0.25, 0.3) is 6.08 Å². The third-order valence-corrected chi connectivity index (χ3v) is 6.01. The fourth-order valence-electron chi connectivity index (χ4n) is 2.83. The first-order valence-electron chi connectivity index (χ1n) is 8.97. The van der Waals surface area contributed by atoms with E-state index in [4.69, 9.17) is 14.2 Å². The minimum atomic E-state index is -0.523. The Morgan fingerprint density at radius 2 is 1.81 bits per heavy atom. The summed E-state index contributed by atoms with van der Waals surface area (Å²) < 4.78 is 16.5. The summed E-state index contributed by atoms with van der Waals surface area (Å²) in [7, 11) is 4.61. The molecule has 0 aliphatic carbocycles. The average molecular weight is 554 g/mol. The normalized spacial score (nSPS) is 14.7. The summed E-state index contributed by atoms with van der Waals surface area (Å²) >= 11 is 2.89. The highest BCUT2D eigenvalue weighted by Crippen LogP contribution is 2.37. The maximum Gasteiger partial charge on any atom is 0.294 e. The number of imide groups is 1. The van der Waals surface area contributed by atoms with Crippen LogP contribution in [-0.4, -0.2) is 49.8 Å². The van der Waals surface area contributed by atoms with E-state index in [1.54, 1.807) is 50.6 Å². The van der Waals surface area contributed by atoms with Crippen molar-refractivity contribution < 1.29 is 28.6 Å². The second kappa shape index (κ2) is 10.1. The highest BCUT2D eigenvalue weighted by Gasteiger charge is 2.36. The second-order valence-electron chi connectivity index (χ2n) is 6.28. The zero-order valence-corrected chi connectivity index (χ0v) is 19.9. The van der Waals surface area contributed by atoms with Crippen LogP contribution < -0.4 is 19.5 Å². The van der Waals surface area contributed by atoms with Gasteiger partial charge in [-0.3, -0.25) is 19.3 Å². The molecule has 0 saturated carbocycles. The molecule has 2 aromatic carbocycles. The first-order valence-corrected chi connectivity index (χ1v) is 10.9. The molecule has 8 nitrogen and oxygen atoms in total. The van der Waals surface area contributed by atoms with E-state index < -0.39 is 17.1 Å². The van der Waals surface area contributed by atoms with Crippen LogP contribution >= 0.6 is 34.4 Å². The summed E-state index contributed by atoms with van der Waals surface area (Å²) in [5, 5.41) is 2.16. The van der Waals surface area contributed by atoms with Crippen LogP contribution in [0.3, 0.4) is 0 Å². The van der Waals surface area contributed by atoms with Crippen molar-refractivity contribution in [3.05, 3.63) is 50.4 Å². The molecule has 1 aliphatic heterocycles. The first-order chi connectivity index (χ1) is 14.9. The highest BCUT2D eigenvalue weighted by molar-refractivity contribution is 14.1. The summed E-state index contributed by atoms with van der Waals surface area (Å²) in [4.78, 5) is 38.5. The van der Waals surface area contributed by atoms with Crippen LogP contribution in [0, 0.1) is 3.57 Å². The quantitative estimate of drug-likeness (QED) is 0.409. The van der Waals surface area contributed by atoms with Crippen LogP contribution in [0.5, 0.6) is 17.2 Å². The monoisotopic (exact) mass is 554 g/mol. The zero-order chi connectivity index (χ0) is 22.5. The molecule has 0 bridgehead atoms. The van der Waals surface area contributed by atoms with E-state index in [2.05, 4.69) is 27.9 Å². The highest BCUT2D eigenvalue weighted by atomic mass is 127. The van der Waals surface area contributed by atoms with E-state index in [-0.39, 0.29) is 11.4 Å². The third kappa shape index (κ3) is 5.31. The van der Waals surface area contributed by atoms with E-state index in [0.29, 0.717) is 28.5 Å². The standard InChI is InChI=1S/C21H19IN2O6S/c1-28-14-6-4-13(5-7-14)23-18(25)11-24-20(26)17(31-21(24)27)10-12-8-15(22)19(30-3)16(9-12)29-2/h4-10H,11H2,1-3H3,(H,23,25)/b17-10+. The lowest BCUT2D eigenvalue weighted by molar-refractivity contribution is -0.127. The summed E-state index contributed by atoms with van der Waals surface area (Å²) in [5.41, 5.74) is 1.21. The Morgan fingerprint density at radius 3 is 2.42 bits per heavy atom. The molecule has 3 amide bonds. The molecule has 1 aliphatic rings. The number of methoxy groups -OCH3 is 3. The van der Waals surface area contributed by atoms with Crippen LogP contribution in [0.1, 0.15) is 5.56 Å². The van der Waals surface area contributed by atoms with Crippen LogP contribution in [-0.2, 0) is 9.59 Å². The molecule has 1 heterocycles. The van der Waals surface area contributed by atoms with Gasteiger partial charge < -0.3 is 19.5 Å². The van der Waals surface area contributed by atoms with Crippen molar-refractivity contribution in [3.8, 4) is 17.2 Å². The number of ether oxygens (including phenoxy) is 3. The number of anilines is 1. The summed E-state index contributed by atoms with van der Waals surface area (Å²) in [6.07, 6.45) is 1.59. The number of nitrogens with zero attached hydrogens (tertiary/aromatic N) is 1. The molecule has 1 N–H and O–H groups in total. The van der Waals surface area contributed by atoms with Crippen molar-refractivity contribution in [1.29, 1.82) is 0 Å². The maximum absolute atomic E-state index is 12.7. The Hall–Kier alpha value is -2.73. The molecule has 0 radical (unpaired) electrons. The van der Waals surface area contributed by atoms with Crippen LogP contribution in [0.15, 0.2) is 41.3 Å². The van der Waals surface area contributed by atoms with E-state index in [1.165, 1.54) is 7.11 Å². The van der Waals surface area contributed by atoms with Gasteiger partial charge in [0.1, 0.15) is 12.3 Å². The number of rotatable bonds is 7. The van der Waals surface area contributed by atoms with Crippen molar-refractivity contribution in [2.45, 2.75) is 0 Å². The van der Waals surface area contributed by atoms with Gasteiger partial charge in [-0.25, -0.2) is 0 Å². The zero-order valence-electron chi connectivity index (χ0n) is 16.9. The van der Waals surface area contributed by atoms with Crippen LogP contribution in [0.4, 0.5) is 10.5 Å². The van der Waals surface area contributed by atoms with Gasteiger partial charge in [0.25, 0.3) is 11.1 Å². The molecule has 10 heteroatoms. The molecular formula is C21H19IN2O6S. The largest absolute Gasteiger partial charge is 0.497 e. The number of hydrogen-bond acceptors (Lipinski definition) is 7. The third-order valence-electron chi connectivity index (χ3n) is 4.30. The Morgan fingerprint density at radius 1 is 1.10 bits per heavy atom. The maximum atomic E-state index is 12.7. The van der Waals surface area contributed by atoms with Crippen LogP contribution in [0.2, 0.25) is 0 Å². The average Bonchev–Trinajstić information content (AvgIpc) is 3.01. The Labute approximate surface area is 197 Å². The van der Waals surface area contributed by atoms with Crippen molar-refractivity contribution >= 4 is 63.2 Å². The second-order valence-corrected chi connectivity index (χ2v) is 8.44. The van der Waals surface area contributed by atoms with Gasteiger partial charge in [0.05, 0.1) is 29.8 Å². The van der Waals surface area contributed by atoms with Gasteiger partial charge in [0.15, 0.2) is 11.5 Å². The van der Waals surface area contributed by atoms with Gasteiger partial charge in [-0.1, -0.05) is 0 Å². The lowest BCUT2D eigenvalue weighted by Gasteiger charge is -2.13. The number of benzene rings is 2. The first kappa shape index (κ1) is 22.9. The predicted octanol–water partition coefficient (Wildman–Crippen LogP) is 3.99. The summed E-state index contributed by atoms with van der Waals surface area (Å²) in [6, 6.07) is 10.3. The van der Waals surface area contributed by atoms with Gasteiger partial charge in [-0.05, 0) is 82.4 Å². The molecule has 0 atom stereocenters. The van der Waals surface area contributed by atoms with E-state index >= 15 is 0 Å². The molecule has 31 heavy (non-hydrogen) atoms. The molecule has 3 rings (SSSR count). The van der Waals surface area contributed by atoms with Crippen molar-refractivity contribution in [2.24, 2.45) is 0 Å². The summed E-state index contributed by atoms with van der Waals surface area (Å²) in [5.74, 6) is 0.750. The molecule has 162 valence electrons. The predicted molar refractivity (Wildman–Crippen MR) is 127 cm³/mol. The molecule has 0 unspecified atom stereocenters. The minimum Gasteiger partial charge on any atom is -0.497 e. The van der Waals surface area contributed by atoms with Gasteiger partial charge in [-0.15, -0.1) is 0 Å². The van der Waals surface area contributed by atoms with Crippen molar-refractivity contribution in [3.63, 3.8) is 0 Å². The van der Waals surface area contributed by atoms with Crippen molar-refractivity contribution in [1.82, 2.24) is 4.90 Å².